The van der Waals surface area contributed by atoms with E-state index in [0.717, 1.165) is 64.9 Å². The topological polar surface area (TPSA) is 95.9 Å². The van der Waals surface area contributed by atoms with E-state index in [-0.39, 0.29) is 5.91 Å². The summed E-state index contributed by atoms with van der Waals surface area (Å²) in [5.41, 5.74) is 3.54. The number of pyridine rings is 1. The van der Waals surface area contributed by atoms with Gasteiger partial charge in [-0.15, -0.1) is 0 Å². The monoisotopic (exact) mass is 507 g/mol. The smallest absolute Gasteiger partial charge is 0.274 e. The van der Waals surface area contributed by atoms with Crippen LogP contribution < -0.4 is 15.5 Å². The van der Waals surface area contributed by atoms with Crippen LogP contribution in [-0.2, 0) is 0 Å². The third-order valence-electron chi connectivity index (χ3n) is 6.21. The molecule has 0 saturated carbocycles. The summed E-state index contributed by atoms with van der Waals surface area (Å²) < 4.78 is 0. The van der Waals surface area contributed by atoms with Gasteiger partial charge < -0.3 is 15.5 Å². The molecule has 1 saturated heterocycles. The van der Waals surface area contributed by atoms with Gasteiger partial charge in [-0.3, -0.25) is 4.79 Å². The van der Waals surface area contributed by atoms with Crippen LogP contribution in [0, 0.1) is 0 Å². The lowest BCUT2D eigenvalue weighted by Crippen LogP contribution is -2.29. The Balaban J connectivity index is 1.36. The van der Waals surface area contributed by atoms with E-state index in [2.05, 4.69) is 25.5 Å². The number of benzene rings is 2. The maximum atomic E-state index is 13.6. The Morgan fingerprint density at radius 3 is 2.68 bits per heavy atom. The molecule has 9 heteroatoms. The number of hydrogen-bond acceptors (Lipinski definition) is 8. The van der Waals surface area contributed by atoms with Crippen molar-refractivity contribution in [3.05, 3.63) is 84.7 Å². The number of carbonyl (C=O) groups is 1. The van der Waals surface area contributed by atoms with Gasteiger partial charge in [0.05, 0.1) is 5.69 Å². The molecular weight excluding hydrogens is 482 g/mol. The first kappa shape index (κ1) is 23.2. The van der Waals surface area contributed by atoms with Crippen molar-refractivity contribution in [3.63, 3.8) is 0 Å². The fourth-order valence-electron chi connectivity index (χ4n) is 4.35. The number of thiazole rings is 1. The first-order chi connectivity index (χ1) is 18.2. The van der Waals surface area contributed by atoms with Gasteiger partial charge in [0.2, 0.25) is 0 Å². The average molecular weight is 508 g/mol. The number of anilines is 2. The zero-order valence-electron chi connectivity index (χ0n) is 20.1. The average Bonchev–Trinajstić information content (AvgIpc) is 3.19. The minimum Gasteiger partial charge on any atom is -0.355 e. The molecular formula is C28H25N7OS. The van der Waals surface area contributed by atoms with E-state index >= 15 is 0 Å². The van der Waals surface area contributed by atoms with Gasteiger partial charge in [0.15, 0.2) is 5.82 Å². The fourth-order valence-corrected chi connectivity index (χ4v) is 5.30. The Morgan fingerprint density at radius 2 is 1.78 bits per heavy atom. The van der Waals surface area contributed by atoms with Crippen molar-refractivity contribution in [1.29, 1.82) is 0 Å². The highest BCUT2D eigenvalue weighted by Gasteiger charge is 2.19. The van der Waals surface area contributed by atoms with Crippen LogP contribution in [0.5, 0.6) is 0 Å². The Kier molecular flexibility index (Phi) is 6.53. The van der Waals surface area contributed by atoms with Crippen molar-refractivity contribution in [2.45, 2.75) is 6.42 Å². The molecule has 6 rings (SSSR count). The van der Waals surface area contributed by atoms with E-state index in [0.29, 0.717) is 17.2 Å². The molecule has 1 amide bonds. The highest BCUT2D eigenvalue weighted by molar-refractivity contribution is 7.21. The van der Waals surface area contributed by atoms with Crippen LogP contribution in [0.4, 0.5) is 11.5 Å². The molecule has 0 bridgehead atoms. The molecule has 2 aromatic carbocycles. The molecule has 0 unspecified atom stereocenters. The van der Waals surface area contributed by atoms with Gasteiger partial charge >= 0.3 is 0 Å². The summed E-state index contributed by atoms with van der Waals surface area (Å²) in [5, 5.41) is 7.30. The lowest BCUT2D eigenvalue weighted by atomic mass is 10.1. The number of rotatable bonds is 5. The van der Waals surface area contributed by atoms with Gasteiger partial charge in [0.25, 0.3) is 5.91 Å². The summed E-state index contributed by atoms with van der Waals surface area (Å²) in [4.78, 5) is 35.3. The van der Waals surface area contributed by atoms with Crippen molar-refractivity contribution in [1.82, 2.24) is 25.3 Å². The van der Waals surface area contributed by atoms with Crippen molar-refractivity contribution < 1.29 is 4.79 Å². The molecule has 1 aliphatic rings. The second kappa shape index (κ2) is 10.4. The maximum Gasteiger partial charge on any atom is 0.274 e. The number of aromatic nitrogens is 4. The molecule has 1 fully saturated rings. The highest BCUT2D eigenvalue weighted by Crippen LogP contribution is 2.34. The first-order valence-electron chi connectivity index (χ1n) is 12.3. The molecule has 0 spiro atoms. The van der Waals surface area contributed by atoms with E-state index in [9.17, 15) is 4.79 Å². The Labute approximate surface area is 218 Å². The molecule has 1 aliphatic heterocycles. The SMILES string of the molecule is O=C(Nc1ccccc1-c1nc2cccnc2s1)c1cc(N2CCCNCC2)nc(-c2ccccc2)n1. The predicted octanol–water partition coefficient (Wildman–Crippen LogP) is 4.87. The Morgan fingerprint density at radius 1 is 0.919 bits per heavy atom. The first-order valence-corrected chi connectivity index (χ1v) is 13.1. The number of para-hydroxylation sites is 1. The second-order valence-corrected chi connectivity index (χ2v) is 9.72. The zero-order valence-corrected chi connectivity index (χ0v) is 20.9. The number of amides is 1. The van der Waals surface area contributed by atoms with Crippen molar-refractivity contribution in [2.24, 2.45) is 0 Å². The summed E-state index contributed by atoms with van der Waals surface area (Å²) in [6.07, 6.45) is 2.77. The summed E-state index contributed by atoms with van der Waals surface area (Å²) in [5.74, 6) is 1.000. The molecule has 8 nitrogen and oxygen atoms in total. The molecule has 0 atom stereocenters. The molecule has 3 aromatic heterocycles. The largest absolute Gasteiger partial charge is 0.355 e. The Hall–Kier alpha value is -4.21. The molecule has 2 N–H and O–H groups in total. The van der Waals surface area contributed by atoms with E-state index in [1.165, 1.54) is 11.3 Å². The predicted molar refractivity (Wildman–Crippen MR) is 148 cm³/mol. The van der Waals surface area contributed by atoms with Gasteiger partial charge in [-0.05, 0) is 37.2 Å². The number of nitrogens with zero attached hydrogens (tertiary/aromatic N) is 5. The summed E-state index contributed by atoms with van der Waals surface area (Å²) in [7, 11) is 0. The lowest BCUT2D eigenvalue weighted by Gasteiger charge is -2.22. The third-order valence-corrected chi connectivity index (χ3v) is 7.23. The third kappa shape index (κ3) is 5.04. The Bertz CT molecular complexity index is 1510. The van der Waals surface area contributed by atoms with Crippen LogP contribution in [0.1, 0.15) is 16.9 Å². The van der Waals surface area contributed by atoms with Gasteiger partial charge in [-0.1, -0.05) is 53.8 Å². The van der Waals surface area contributed by atoms with Crippen LogP contribution in [0.2, 0.25) is 0 Å². The van der Waals surface area contributed by atoms with Crippen molar-refractivity contribution in [2.75, 3.05) is 36.4 Å². The van der Waals surface area contributed by atoms with Gasteiger partial charge in [-0.25, -0.2) is 19.9 Å². The van der Waals surface area contributed by atoms with E-state index in [4.69, 9.17) is 9.97 Å². The second-order valence-electron chi connectivity index (χ2n) is 8.74. The number of nitrogens with one attached hydrogen (secondary N) is 2. The van der Waals surface area contributed by atoms with Crippen LogP contribution in [0.3, 0.4) is 0 Å². The van der Waals surface area contributed by atoms with Crippen LogP contribution in [0.15, 0.2) is 79.0 Å². The normalized spacial score (nSPS) is 13.9. The number of fused-ring (bicyclic) bond motifs is 1. The van der Waals surface area contributed by atoms with Crippen molar-refractivity contribution >= 4 is 39.1 Å². The van der Waals surface area contributed by atoms with Crippen LogP contribution in [0.25, 0.3) is 32.3 Å². The van der Waals surface area contributed by atoms with Gasteiger partial charge in [0.1, 0.15) is 26.9 Å². The maximum absolute atomic E-state index is 13.6. The fraction of sp³-hybridized carbons (Fsp3) is 0.179. The molecule has 184 valence electrons. The van der Waals surface area contributed by atoms with E-state index < -0.39 is 0 Å². The number of hydrogen-bond donors (Lipinski definition) is 2. The van der Waals surface area contributed by atoms with Crippen molar-refractivity contribution in [3.8, 4) is 22.0 Å². The van der Waals surface area contributed by atoms with Crippen LogP contribution in [-0.4, -0.2) is 52.0 Å². The van der Waals surface area contributed by atoms with E-state index in [1.807, 2.05) is 66.7 Å². The van der Waals surface area contributed by atoms with Crippen LogP contribution >= 0.6 is 11.3 Å². The number of carbonyl (C=O) groups excluding carboxylic acids is 1. The molecule has 4 heterocycles. The minimum atomic E-state index is -0.291. The van der Waals surface area contributed by atoms with E-state index in [1.54, 1.807) is 12.3 Å². The highest BCUT2D eigenvalue weighted by atomic mass is 32.1. The zero-order chi connectivity index (χ0) is 25.0. The molecule has 5 aromatic rings. The molecule has 37 heavy (non-hydrogen) atoms. The summed E-state index contributed by atoms with van der Waals surface area (Å²) >= 11 is 1.50. The quantitative estimate of drug-likeness (QED) is 0.350. The molecule has 0 radical (unpaired) electrons. The molecule has 0 aliphatic carbocycles. The minimum absolute atomic E-state index is 0.291. The standard InChI is InChI=1S/C28H25N7OS/c36-26(32-21-11-5-4-10-20(21)27-33-22-12-6-14-30-28(22)37-27)23-18-24(35-16-7-13-29-15-17-35)34-25(31-23)19-8-2-1-3-9-19/h1-6,8-12,14,18,29H,7,13,15-17H2,(H,32,36). The van der Waals surface area contributed by atoms with Gasteiger partial charge in [0, 0.05) is 43.0 Å². The summed E-state index contributed by atoms with van der Waals surface area (Å²) in [6.45, 7) is 3.53. The summed E-state index contributed by atoms with van der Waals surface area (Å²) in [6, 6.07) is 23.0. The van der Waals surface area contributed by atoms with Gasteiger partial charge in [-0.2, -0.15) is 0 Å². The lowest BCUT2D eigenvalue weighted by molar-refractivity contribution is 0.102.